The van der Waals surface area contributed by atoms with Gasteiger partial charge in [-0.1, -0.05) is 35.7 Å². The van der Waals surface area contributed by atoms with Crippen LogP contribution < -0.4 is 10.0 Å². The first-order valence-electron chi connectivity index (χ1n) is 8.07. The van der Waals surface area contributed by atoms with Crippen molar-refractivity contribution in [2.45, 2.75) is 24.5 Å². The maximum Gasteiger partial charge on any atom is 0.241 e. The number of terminal acetylenes is 1. The topological polar surface area (TPSA) is 78.4 Å². The van der Waals surface area contributed by atoms with E-state index in [2.05, 4.69) is 16.0 Å². The van der Waals surface area contributed by atoms with Crippen molar-refractivity contribution < 1.29 is 13.5 Å². The second-order valence-electron chi connectivity index (χ2n) is 5.67. The summed E-state index contributed by atoms with van der Waals surface area (Å²) in [5.41, 5.74) is 2.82. The Labute approximate surface area is 159 Å². The zero-order chi connectivity index (χ0) is 19.0. The van der Waals surface area contributed by atoms with Crippen LogP contribution in [0, 0.1) is 12.3 Å². The number of hydrogen-bond acceptors (Lipinski definition) is 4. The number of benzene rings is 2. The zero-order valence-electron chi connectivity index (χ0n) is 14.2. The molecule has 0 radical (unpaired) electrons. The van der Waals surface area contributed by atoms with E-state index >= 15 is 0 Å². The standard InChI is InChI=1S/C19H21ClN2O3S/c1-2-10-22-26(24,25)19-7-3-15(4-8-19)9-11-21-13-17-12-18(20)6-5-16(17)14-23/h1,3-8,12,21-23H,9-11,13-14H2. The monoisotopic (exact) mass is 392 g/mol. The first kappa shape index (κ1) is 20.4. The van der Waals surface area contributed by atoms with Gasteiger partial charge in [-0.2, -0.15) is 4.72 Å². The summed E-state index contributed by atoms with van der Waals surface area (Å²) in [6, 6.07) is 12.1. The molecule has 0 aromatic heterocycles. The average Bonchev–Trinajstić information content (AvgIpc) is 2.64. The molecule has 3 N–H and O–H groups in total. The van der Waals surface area contributed by atoms with Crippen molar-refractivity contribution in [2.24, 2.45) is 0 Å². The van der Waals surface area contributed by atoms with Crippen LogP contribution in [0.4, 0.5) is 0 Å². The molecular weight excluding hydrogens is 372 g/mol. The molecule has 0 amide bonds. The zero-order valence-corrected chi connectivity index (χ0v) is 15.8. The van der Waals surface area contributed by atoms with E-state index < -0.39 is 10.0 Å². The van der Waals surface area contributed by atoms with E-state index in [1.54, 1.807) is 30.3 Å². The second kappa shape index (κ2) is 9.72. The van der Waals surface area contributed by atoms with E-state index in [1.165, 1.54) is 0 Å². The molecule has 2 aromatic rings. The third-order valence-electron chi connectivity index (χ3n) is 3.84. The van der Waals surface area contributed by atoms with Crippen molar-refractivity contribution in [3.05, 3.63) is 64.2 Å². The lowest BCUT2D eigenvalue weighted by atomic mass is 10.1. The quantitative estimate of drug-likeness (QED) is 0.451. The van der Waals surface area contributed by atoms with Crippen LogP contribution >= 0.6 is 11.6 Å². The highest BCUT2D eigenvalue weighted by molar-refractivity contribution is 7.89. The van der Waals surface area contributed by atoms with Crippen LogP contribution in [-0.2, 0) is 29.6 Å². The molecule has 0 fully saturated rings. The van der Waals surface area contributed by atoms with Gasteiger partial charge in [0.25, 0.3) is 0 Å². The van der Waals surface area contributed by atoms with Gasteiger partial charge in [0.05, 0.1) is 18.0 Å². The predicted octanol–water partition coefficient (Wildman–Crippen LogP) is 2.08. The third kappa shape index (κ3) is 5.84. The van der Waals surface area contributed by atoms with E-state index in [4.69, 9.17) is 18.0 Å². The van der Waals surface area contributed by atoms with Gasteiger partial charge < -0.3 is 10.4 Å². The molecule has 0 bridgehead atoms. The minimum atomic E-state index is -3.56. The minimum Gasteiger partial charge on any atom is -0.392 e. The number of hydrogen-bond donors (Lipinski definition) is 3. The van der Waals surface area contributed by atoms with Gasteiger partial charge in [0.1, 0.15) is 0 Å². The fourth-order valence-corrected chi connectivity index (χ4v) is 3.55. The highest BCUT2D eigenvalue weighted by Gasteiger charge is 2.12. The Morgan fingerprint density at radius 1 is 1.12 bits per heavy atom. The smallest absolute Gasteiger partial charge is 0.241 e. The van der Waals surface area contributed by atoms with Crippen molar-refractivity contribution in [2.75, 3.05) is 13.1 Å². The van der Waals surface area contributed by atoms with Crippen molar-refractivity contribution in [1.29, 1.82) is 0 Å². The number of sulfonamides is 1. The maximum absolute atomic E-state index is 12.0. The Balaban J connectivity index is 1.87. The molecule has 2 rings (SSSR count). The van der Waals surface area contributed by atoms with Crippen molar-refractivity contribution in [3.8, 4) is 12.3 Å². The normalized spacial score (nSPS) is 11.3. The largest absolute Gasteiger partial charge is 0.392 e. The average molecular weight is 393 g/mol. The number of rotatable bonds is 9. The van der Waals surface area contributed by atoms with E-state index in [0.29, 0.717) is 18.1 Å². The van der Waals surface area contributed by atoms with E-state index in [1.807, 2.05) is 12.1 Å². The van der Waals surface area contributed by atoms with E-state index in [0.717, 1.165) is 23.1 Å². The Hall–Kier alpha value is -1.88. The first-order valence-corrected chi connectivity index (χ1v) is 9.93. The lowest BCUT2D eigenvalue weighted by Crippen LogP contribution is -2.23. The van der Waals surface area contributed by atoms with Crippen LogP contribution in [-0.4, -0.2) is 26.6 Å². The Morgan fingerprint density at radius 3 is 2.50 bits per heavy atom. The lowest BCUT2D eigenvalue weighted by molar-refractivity contribution is 0.280. The SMILES string of the molecule is C#CCNS(=O)(=O)c1ccc(CCNCc2cc(Cl)ccc2CO)cc1. The van der Waals surface area contributed by atoms with Crippen LogP contribution in [0.15, 0.2) is 47.4 Å². The molecule has 0 aliphatic heterocycles. The summed E-state index contributed by atoms with van der Waals surface area (Å²) in [6.07, 6.45) is 5.81. The van der Waals surface area contributed by atoms with Crippen LogP contribution in [0.25, 0.3) is 0 Å². The van der Waals surface area contributed by atoms with Gasteiger partial charge in [-0.3, -0.25) is 0 Å². The summed E-state index contributed by atoms with van der Waals surface area (Å²) >= 11 is 5.99. The lowest BCUT2D eigenvalue weighted by Gasteiger charge is -2.10. The molecule has 0 heterocycles. The van der Waals surface area contributed by atoms with Crippen LogP contribution in [0.5, 0.6) is 0 Å². The molecule has 5 nitrogen and oxygen atoms in total. The first-order chi connectivity index (χ1) is 12.5. The van der Waals surface area contributed by atoms with Crippen molar-refractivity contribution in [3.63, 3.8) is 0 Å². The molecule has 26 heavy (non-hydrogen) atoms. The summed E-state index contributed by atoms with van der Waals surface area (Å²) in [6.45, 7) is 1.24. The summed E-state index contributed by atoms with van der Waals surface area (Å²) in [5, 5.41) is 13.3. The fourth-order valence-electron chi connectivity index (χ4n) is 2.42. The predicted molar refractivity (Wildman–Crippen MR) is 103 cm³/mol. The fraction of sp³-hybridized carbons (Fsp3) is 0.263. The second-order valence-corrected chi connectivity index (χ2v) is 7.87. The molecule has 0 aliphatic rings. The molecule has 0 saturated heterocycles. The molecule has 0 saturated carbocycles. The van der Waals surface area contributed by atoms with Gasteiger partial charge in [0.2, 0.25) is 10.0 Å². The van der Waals surface area contributed by atoms with Crippen molar-refractivity contribution in [1.82, 2.24) is 10.0 Å². The number of aliphatic hydroxyl groups excluding tert-OH is 1. The molecular formula is C19H21ClN2O3S. The van der Waals surface area contributed by atoms with Crippen molar-refractivity contribution >= 4 is 21.6 Å². The molecule has 138 valence electrons. The summed E-state index contributed by atoms with van der Waals surface area (Å²) in [4.78, 5) is 0.191. The molecule has 0 spiro atoms. The summed E-state index contributed by atoms with van der Waals surface area (Å²) in [5.74, 6) is 2.24. The molecule has 0 aliphatic carbocycles. The Bertz CT molecular complexity index is 875. The van der Waals surface area contributed by atoms with Gasteiger partial charge >= 0.3 is 0 Å². The van der Waals surface area contributed by atoms with Gasteiger partial charge in [-0.25, -0.2) is 8.42 Å². The van der Waals surface area contributed by atoms with Crippen LogP contribution in [0.2, 0.25) is 5.02 Å². The van der Waals surface area contributed by atoms with Crippen LogP contribution in [0.1, 0.15) is 16.7 Å². The summed E-state index contributed by atoms with van der Waals surface area (Å²) < 4.78 is 26.2. The molecule has 0 atom stereocenters. The van der Waals surface area contributed by atoms with Gasteiger partial charge in [-0.15, -0.1) is 6.42 Å². The van der Waals surface area contributed by atoms with Gasteiger partial charge in [0, 0.05) is 11.6 Å². The Morgan fingerprint density at radius 2 is 1.85 bits per heavy atom. The van der Waals surface area contributed by atoms with Gasteiger partial charge in [-0.05, 0) is 53.9 Å². The van der Waals surface area contributed by atoms with Gasteiger partial charge in [0.15, 0.2) is 0 Å². The summed E-state index contributed by atoms with van der Waals surface area (Å²) in [7, 11) is -3.56. The molecule has 7 heteroatoms. The third-order valence-corrected chi connectivity index (χ3v) is 5.49. The number of aliphatic hydroxyl groups is 1. The van der Waals surface area contributed by atoms with E-state index in [-0.39, 0.29) is 18.0 Å². The Kier molecular flexibility index (Phi) is 7.64. The number of halogens is 1. The highest BCUT2D eigenvalue weighted by atomic mass is 35.5. The van der Waals surface area contributed by atoms with Crippen LogP contribution in [0.3, 0.4) is 0 Å². The number of nitrogens with one attached hydrogen (secondary N) is 2. The maximum atomic E-state index is 12.0. The molecule has 2 aromatic carbocycles. The molecule has 0 unspecified atom stereocenters. The van der Waals surface area contributed by atoms with E-state index in [9.17, 15) is 13.5 Å². The highest BCUT2D eigenvalue weighted by Crippen LogP contribution is 2.16. The minimum absolute atomic E-state index is 0.0299.